The first kappa shape index (κ1) is 12.7. The van der Waals surface area contributed by atoms with Crippen molar-refractivity contribution >= 4 is 12.5 Å². The molecular formula is C12H14FN3O2. The number of imidazole rings is 1. The van der Waals surface area contributed by atoms with Crippen molar-refractivity contribution in [2.75, 3.05) is 13.2 Å². The molecule has 0 spiro atoms. The molecule has 0 aromatic carbocycles. The maximum atomic E-state index is 12.8. The maximum Gasteiger partial charge on any atom is 0.231 e. The third-order valence-electron chi connectivity index (χ3n) is 2.47. The summed E-state index contributed by atoms with van der Waals surface area (Å²) in [7, 11) is 0. The van der Waals surface area contributed by atoms with E-state index in [1.165, 1.54) is 17.1 Å². The van der Waals surface area contributed by atoms with Gasteiger partial charge in [0.2, 0.25) is 5.95 Å². The third kappa shape index (κ3) is 2.91. The highest BCUT2D eigenvalue weighted by Crippen LogP contribution is 2.15. The van der Waals surface area contributed by atoms with E-state index in [-0.39, 0.29) is 6.29 Å². The quantitative estimate of drug-likeness (QED) is 0.606. The molecule has 1 fully saturated rings. The Morgan fingerprint density at radius 1 is 1.56 bits per heavy atom. The zero-order valence-corrected chi connectivity index (χ0v) is 10.0. The van der Waals surface area contributed by atoms with E-state index in [1.807, 2.05) is 6.92 Å². The fourth-order valence-corrected chi connectivity index (χ4v) is 1.55. The van der Waals surface area contributed by atoms with E-state index >= 15 is 0 Å². The number of aromatic nitrogens is 2. The van der Waals surface area contributed by atoms with Crippen LogP contribution in [0, 0.1) is 5.95 Å². The number of allylic oxidation sites excluding steroid dienone is 2. The highest BCUT2D eigenvalue weighted by molar-refractivity contribution is 5.53. The predicted molar refractivity (Wildman–Crippen MR) is 65.5 cm³/mol. The second-order valence-electron chi connectivity index (χ2n) is 3.77. The summed E-state index contributed by atoms with van der Waals surface area (Å²) >= 11 is 0. The zero-order valence-electron chi connectivity index (χ0n) is 10.0. The summed E-state index contributed by atoms with van der Waals surface area (Å²) in [6.45, 7) is 6.52. The fraction of sp³-hybridized carbons (Fsp3) is 0.333. The summed E-state index contributed by atoms with van der Waals surface area (Å²) in [5.74, 6) is -0.0866. The van der Waals surface area contributed by atoms with Crippen molar-refractivity contribution in [3.63, 3.8) is 0 Å². The van der Waals surface area contributed by atoms with Gasteiger partial charge in [-0.1, -0.05) is 6.08 Å². The summed E-state index contributed by atoms with van der Waals surface area (Å²) in [6.07, 6.45) is 5.76. The molecule has 96 valence electrons. The van der Waals surface area contributed by atoms with Crippen LogP contribution in [0.1, 0.15) is 6.92 Å². The topological polar surface area (TPSA) is 48.6 Å². The second-order valence-corrected chi connectivity index (χ2v) is 3.77. The van der Waals surface area contributed by atoms with Crippen LogP contribution >= 0.6 is 0 Å². The summed E-state index contributed by atoms with van der Waals surface area (Å²) in [5, 5.41) is 0. The molecule has 1 aliphatic heterocycles. The van der Waals surface area contributed by atoms with Gasteiger partial charge in [0.05, 0.1) is 19.4 Å². The minimum Gasteiger partial charge on any atom is -0.346 e. The molecule has 0 aliphatic carbocycles. The van der Waals surface area contributed by atoms with Gasteiger partial charge in [-0.3, -0.25) is 4.57 Å². The Bertz CT molecular complexity index is 487. The molecule has 18 heavy (non-hydrogen) atoms. The average Bonchev–Trinajstić information content (AvgIpc) is 3.01. The Balaban J connectivity index is 2.14. The van der Waals surface area contributed by atoms with Gasteiger partial charge in [-0.2, -0.15) is 4.39 Å². The van der Waals surface area contributed by atoms with E-state index in [1.54, 1.807) is 12.2 Å². The number of nitrogens with zero attached hydrogens (tertiary/aromatic N) is 3. The molecule has 5 nitrogen and oxygen atoms in total. The molecule has 0 atom stereocenters. The normalized spacial score (nSPS) is 18.3. The molecule has 0 bridgehead atoms. The SMILES string of the molecule is C=N/C(=C\C=C(/C)C1OCCO1)n1cnc(F)c1. The molecule has 0 N–H and O–H groups in total. The standard InChI is InChI=1S/C12H14FN3O2/c1-9(12-17-5-6-18-12)3-4-11(14-2)16-7-10(13)15-8-16/h3-4,7-8,12H,2,5-6H2,1H3/b9-3+,11-4+. The van der Waals surface area contributed by atoms with Crippen LogP contribution in [0.2, 0.25) is 0 Å². The van der Waals surface area contributed by atoms with E-state index in [9.17, 15) is 4.39 Å². The van der Waals surface area contributed by atoms with Gasteiger partial charge in [0.15, 0.2) is 6.29 Å². The number of halogens is 1. The Kier molecular flexibility index (Phi) is 4.01. The second kappa shape index (κ2) is 5.70. The molecule has 1 aliphatic rings. The summed E-state index contributed by atoms with van der Waals surface area (Å²) in [6, 6.07) is 0. The van der Waals surface area contributed by atoms with Crippen molar-refractivity contribution in [1.29, 1.82) is 0 Å². The van der Waals surface area contributed by atoms with Gasteiger partial charge in [0.1, 0.15) is 12.1 Å². The Hall–Kier alpha value is -1.79. The van der Waals surface area contributed by atoms with Crippen molar-refractivity contribution in [1.82, 2.24) is 9.55 Å². The molecule has 0 amide bonds. The largest absolute Gasteiger partial charge is 0.346 e. The van der Waals surface area contributed by atoms with Gasteiger partial charge in [0, 0.05) is 0 Å². The zero-order chi connectivity index (χ0) is 13.0. The number of hydrogen-bond acceptors (Lipinski definition) is 4. The van der Waals surface area contributed by atoms with Gasteiger partial charge >= 0.3 is 0 Å². The van der Waals surface area contributed by atoms with Gasteiger partial charge in [-0.15, -0.1) is 0 Å². The molecule has 0 unspecified atom stereocenters. The molecule has 1 saturated heterocycles. The number of ether oxygens (including phenoxy) is 2. The van der Waals surface area contributed by atoms with Gasteiger partial charge in [-0.25, -0.2) is 9.98 Å². The molecule has 2 rings (SSSR count). The molecule has 0 radical (unpaired) electrons. The van der Waals surface area contributed by atoms with Crippen molar-refractivity contribution < 1.29 is 13.9 Å². The minimum atomic E-state index is -0.562. The van der Waals surface area contributed by atoms with Crippen LogP contribution in [-0.4, -0.2) is 35.8 Å². The smallest absolute Gasteiger partial charge is 0.231 e. The third-order valence-corrected chi connectivity index (χ3v) is 2.47. The lowest BCUT2D eigenvalue weighted by Gasteiger charge is -2.08. The Morgan fingerprint density at radius 2 is 2.28 bits per heavy atom. The van der Waals surface area contributed by atoms with Crippen LogP contribution in [0.5, 0.6) is 0 Å². The van der Waals surface area contributed by atoms with Crippen LogP contribution < -0.4 is 0 Å². The summed E-state index contributed by atoms with van der Waals surface area (Å²) in [5.41, 5.74) is 0.911. The number of rotatable bonds is 4. The minimum absolute atomic E-state index is 0.313. The lowest BCUT2D eigenvalue weighted by Crippen LogP contribution is -2.08. The Labute approximate surface area is 104 Å². The highest BCUT2D eigenvalue weighted by atomic mass is 19.1. The first-order valence-electron chi connectivity index (χ1n) is 5.49. The summed E-state index contributed by atoms with van der Waals surface area (Å²) in [4.78, 5) is 7.30. The van der Waals surface area contributed by atoms with E-state index in [0.29, 0.717) is 19.0 Å². The van der Waals surface area contributed by atoms with Crippen LogP contribution in [-0.2, 0) is 9.47 Å². The molecule has 2 heterocycles. The van der Waals surface area contributed by atoms with Crippen molar-refractivity contribution in [2.24, 2.45) is 4.99 Å². The van der Waals surface area contributed by atoms with E-state index < -0.39 is 5.95 Å². The molecule has 1 aromatic rings. The molecular weight excluding hydrogens is 237 g/mol. The predicted octanol–water partition coefficient (Wildman–Crippen LogP) is 1.84. The van der Waals surface area contributed by atoms with Crippen LogP contribution in [0.25, 0.3) is 5.82 Å². The van der Waals surface area contributed by atoms with Crippen molar-refractivity contribution in [3.8, 4) is 0 Å². The van der Waals surface area contributed by atoms with E-state index in [0.717, 1.165) is 5.57 Å². The monoisotopic (exact) mass is 251 g/mol. The fourth-order valence-electron chi connectivity index (χ4n) is 1.55. The Morgan fingerprint density at radius 3 is 2.83 bits per heavy atom. The summed E-state index contributed by atoms with van der Waals surface area (Å²) < 4.78 is 24.9. The molecule has 6 heteroatoms. The van der Waals surface area contributed by atoms with E-state index in [2.05, 4.69) is 16.7 Å². The highest BCUT2D eigenvalue weighted by Gasteiger charge is 2.16. The van der Waals surface area contributed by atoms with Crippen LogP contribution in [0.3, 0.4) is 0 Å². The first-order valence-corrected chi connectivity index (χ1v) is 5.49. The van der Waals surface area contributed by atoms with Gasteiger partial charge in [-0.05, 0) is 25.3 Å². The maximum absolute atomic E-state index is 12.8. The molecule has 0 saturated carbocycles. The number of hydrogen-bond donors (Lipinski definition) is 0. The van der Waals surface area contributed by atoms with Crippen LogP contribution in [0.15, 0.2) is 35.2 Å². The average molecular weight is 251 g/mol. The van der Waals surface area contributed by atoms with Gasteiger partial charge < -0.3 is 9.47 Å². The lowest BCUT2D eigenvalue weighted by atomic mass is 10.2. The van der Waals surface area contributed by atoms with Gasteiger partial charge in [0.25, 0.3) is 0 Å². The van der Waals surface area contributed by atoms with Crippen LogP contribution in [0.4, 0.5) is 4.39 Å². The molecule has 1 aromatic heterocycles. The lowest BCUT2D eigenvalue weighted by molar-refractivity contribution is -0.0109. The van der Waals surface area contributed by atoms with Crippen molar-refractivity contribution in [2.45, 2.75) is 13.2 Å². The van der Waals surface area contributed by atoms with Crippen molar-refractivity contribution in [3.05, 3.63) is 36.2 Å². The number of aliphatic imine (C=N–C) groups is 1. The first-order chi connectivity index (χ1) is 8.70. The van der Waals surface area contributed by atoms with E-state index in [4.69, 9.17) is 9.47 Å².